The van der Waals surface area contributed by atoms with E-state index in [1.54, 1.807) is 24.1 Å². The van der Waals surface area contributed by atoms with Crippen molar-refractivity contribution in [2.24, 2.45) is 0 Å². The second-order valence-electron chi connectivity index (χ2n) is 6.66. The zero-order valence-corrected chi connectivity index (χ0v) is 18.0. The summed E-state index contributed by atoms with van der Waals surface area (Å²) in [4.78, 5) is 27.8. The standard InChI is InChI=1S/C22H26N2O5S/c1-3-10-24(14-21(25)23-17-6-4-5-7-18(17)27-2)22(26)15-30-16-8-9-19-20(13-16)29-12-11-28-19/h4-9,13H,3,10-12,14-15H2,1-2H3,(H,23,25). The average molecular weight is 431 g/mol. The average Bonchev–Trinajstić information content (AvgIpc) is 2.77. The molecule has 0 aliphatic carbocycles. The van der Waals surface area contributed by atoms with E-state index in [-0.39, 0.29) is 24.1 Å². The molecular weight excluding hydrogens is 404 g/mol. The third-order valence-corrected chi connectivity index (χ3v) is 5.42. The summed E-state index contributed by atoms with van der Waals surface area (Å²) in [5.41, 5.74) is 0.583. The van der Waals surface area contributed by atoms with Gasteiger partial charge in [-0.3, -0.25) is 9.59 Å². The third-order valence-electron chi connectivity index (χ3n) is 4.44. The first-order chi connectivity index (χ1) is 14.6. The monoisotopic (exact) mass is 430 g/mol. The molecule has 0 radical (unpaired) electrons. The van der Waals surface area contributed by atoms with Gasteiger partial charge in [0.1, 0.15) is 19.0 Å². The fourth-order valence-corrected chi connectivity index (χ4v) is 3.85. The molecule has 0 saturated carbocycles. The van der Waals surface area contributed by atoms with E-state index >= 15 is 0 Å². The van der Waals surface area contributed by atoms with Crippen molar-refractivity contribution in [1.82, 2.24) is 4.90 Å². The molecule has 30 heavy (non-hydrogen) atoms. The van der Waals surface area contributed by atoms with Crippen LogP contribution in [-0.2, 0) is 9.59 Å². The van der Waals surface area contributed by atoms with E-state index in [1.165, 1.54) is 11.8 Å². The van der Waals surface area contributed by atoms with Crippen molar-refractivity contribution in [2.45, 2.75) is 18.2 Å². The SMILES string of the molecule is CCCN(CC(=O)Nc1ccccc1OC)C(=O)CSc1ccc2c(c1)OCCO2. The lowest BCUT2D eigenvalue weighted by Gasteiger charge is -2.22. The van der Waals surface area contributed by atoms with E-state index in [4.69, 9.17) is 14.2 Å². The highest BCUT2D eigenvalue weighted by Crippen LogP contribution is 2.34. The molecule has 2 amide bonds. The van der Waals surface area contributed by atoms with Gasteiger partial charge in [0.05, 0.1) is 25.1 Å². The molecule has 1 aliphatic rings. The molecule has 0 aromatic heterocycles. The molecule has 8 heteroatoms. The van der Waals surface area contributed by atoms with E-state index in [2.05, 4.69) is 5.32 Å². The van der Waals surface area contributed by atoms with Crippen LogP contribution >= 0.6 is 11.8 Å². The Kier molecular flexibility index (Phi) is 7.84. The Hall–Kier alpha value is -2.87. The number of carbonyl (C=O) groups is 2. The van der Waals surface area contributed by atoms with Crippen molar-refractivity contribution in [1.29, 1.82) is 0 Å². The molecule has 2 aromatic rings. The van der Waals surface area contributed by atoms with E-state index in [1.807, 2.05) is 37.3 Å². The predicted octanol–water partition coefficient (Wildman–Crippen LogP) is 3.44. The first-order valence-corrected chi connectivity index (χ1v) is 10.8. The van der Waals surface area contributed by atoms with Gasteiger partial charge in [-0.1, -0.05) is 19.1 Å². The van der Waals surface area contributed by atoms with Crippen LogP contribution in [0.15, 0.2) is 47.4 Å². The third kappa shape index (κ3) is 5.82. The van der Waals surface area contributed by atoms with E-state index in [0.29, 0.717) is 36.9 Å². The first-order valence-electron chi connectivity index (χ1n) is 9.83. The molecule has 3 rings (SSSR count). The number of thioether (sulfide) groups is 1. The minimum atomic E-state index is -0.259. The number of rotatable bonds is 9. The lowest BCUT2D eigenvalue weighted by atomic mass is 10.3. The fraction of sp³-hybridized carbons (Fsp3) is 0.364. The summed E-state index contributed by atoms with van der Waals surface area (Å²) in [6.45, 7) is 3.55. The second-order valence-corrected chi connectivity index (χ2v) is 7.71. The largest absolute Gasteiger partial charge is 0.495 e. The van der Waals surface area contributed by atoms with Gasteiger partial charge in [0.15, 0.2) is 11.5 Å². The summed E-state index contributed by atoms with van der Waals surface area (Å²) < 4.78 is 16.4. The van der Waals surface area contributed by atoms with Crippen LogP contribution in [0.3, 0.4) is 0 Å². The molecule has 0 unspecified atom stereocenters. The topological polar surface area (TPSA) is 77.1 Å². The molecule has 1 heterocycles. The van der Waals surface area contributed by atoms with E-state index in [9.17, 15) is 9.59 Å². The normalized spacial score (nSPS) is 12.2. The molecule has 0 bridgehead atoms. The second kappa shape index (κ2) is 10.8. The number of amides is 2. The highest BCUT2D eigenvalue weighted by molar-refractivity contribution is 8.00. The van der Waals surface area contributed by atoms with Gasteiger partial charge in [0.25, 0.3) is 0 Å². The quantitative estimate of drug-likeness (QED) is 0.614. The van der Waals surface area contributed by atoms with Crippen molar-refractivity contribution in [3.8, 4) is 17.2 Å². The summed E-state index contributed by atoms with van der Waals surface area (Å²) in [7, 11) is 1.55. The van der Waals surface area contributed by atoms with Gasteiger partial charge in [-0.2, -0.15) is 0 Å². The molecule has 1 N–H and O–H groups in total. The van der Waals surface area contributed by atoms with Gasteiger partial charge in [0.2, 0.25) is 11.8 Å². The Morgan fingerprint density at radius 2 is 1.90 bits per heavy atom. The summed E-state index contributed by atoms with van der Waals surface area (Å²) in [5, 5.41) is 2.82. The number of hydrogen-bond acceptors (Lipinski definition) is 6. The molecule has 2 aromatic carbocycles. The Morgan fingerprint density at radius 1 is 1.13 bits per heavy atom. The molecule has 0 spiro atoms. The van der Waals surface area contributed by atoms with Gasteiger partial charge in [-0.15, -0.1) is 11.8 Å². The zero-order chi connectivity index (χ0) is 21.3. The van der Waals surface area contributed by atoms with Gasteiger partial charge < -0.3 is 24.4 Å². The van der Waals surface area contributed by atoms with Gasteiger partial charge in [0, 0.05) is 11.4 Å². The first kappa shape index (κ1) is 21.8. The van der Waals surface area contributed by atoms with Crippen LogP contribution in [0.4, 0.5) is 5.69 Å². The van der Waals surface area contributed by atoms with Crippen LogP contribution in [0.1, 0.15) is 13.3 Å². The number of methoxy groups -OCH3 is 1. The van der Waals surface area contributed by atoms with Gasteiger partial charge in [-0.05, 0) is 36.8 Å². The van der Waals surface area contributed by atoms with Crippen LogP contribution in [0.25, 0.3) is 0 Å². The van der Waals surface area contributed by atoms with Gasteiger partial charge in [-0.25, -0.2) is 0 Å². The maximum atomic E-state index is 12.8. The predicted molar refractivity (Wildman–Crippen MR) is 117 cm³/mol. The summed E-state index contributed by atoms with van der Waals surface area (Å²) in [6.07, 6.45) is 0.766. The number of para-hydroxylation sites is 2. The lowest BCUT2D eigenvalue weighted by Crippen LogP contribution is -2.39. The van der Waals surface area contributed by atoms with E-state index < -0.39 is 0 Å². The van der Waals surface area contributed by atoms with Crippen molar-refractivity contribution in [3.05, 3.63) is 42.5 Å². The minimum Gasteiger partial charge on any atom is -0.495 e. The summed E-state index contributed by atoms with van der Waals surface area (Å²) >= 11 is 1.41. The Bertz CT molecular complexity index is 890. The zero-order valence-electron chi connectivity index (χ0n) is 17.2. The lowest BCUT2D eigenvalue weighted by molar-refractivity contribution is -0.132. The highest BCUT2D eigenvalue weighted by Gasteiger charge is 2.18. The van der Waals surface area contributed by atoms with Crippen LogP contribution in [0, 0.1) is 0 Å². The number of nitrogens with one attached hydrogen (secondary N) is 1. The Balaban J connectivity index is 1.57. The molecule has 0 saturated heterocycles. The molecule has 0 fully saturated rings. The maximum Gasteiger partial charge on any atom is 0.244 e. The van der Waals surface area contributed by atoms with Crippen molar-refractivity contribution >= 4 is 29.3 Å². The molecule has 1 aliphatic heterocycles. The Morgan fingerprint density at radius 3 is 2.67 bits per heavy atom. The number of benzene rings is 2. The number of fused-ring (bicyclic) bond motifs is 1. The number of ether oxygens (including phenoxy) is 3. The fourth-order valence-electron chi connectivity index (χ4n) is 3.02. The van der Waals surface area contributed by atoms with Gasteiger partial charge >= 0.3 is 0 Å². The van der Waals surface area contributed by atoms with E-state index in [0.717, 1.165) is 17.1 Å². The maximum absolute atomic E-state index is 12.8. The molecule has 0 atom stereocenters. The van der Waals surface area contributed by atoms with Crippen molar-refractivity contribution < 1.29 is 23.8 Å². The van der Waals surface area contributed by atoms with Crippen LogP contribution in [0.5, 0.6) is 17.2 Å². The van der Waals surface area contributed by atoms with Crippen LogP contribution < -0.4 is 19.5 Å². The number of hydrogen-bond donors (Lipinski definition) is 1. The smallest absolute Gasteiger partial charge is 0.244 e. The minimum absolute atomic E-state index is 0.00752. The van der Waals surface area contributed by atoms with Crippen molar-refractivity contribution in [2.75, 3.05) is 44.5 Å². The summed E-state index contributed by atoms with van der Waals surface area (Å²) in [5.74, 6) is 1.88. The molecular formula is C22H26N2O5S. The number of anilines is 1. The van der Waals surface area contributed by atoms with Crippen molar-refractivity contribution in [3.63, 3.8) is 0 Å². The van der Waals surface area contributed by atoms with Crippen LogP contribution in [-0.4, -0.2) is 55.9 Å². The molecule has 7 nitrogen and oxygen atoms in total. The van der Waals surface area contributed by atoms with Crippen LogP contribution in [0.2, 0.25) is 0 Å². The number of carbonyl (C=O) groups excluding carboxylic acids is 2. The summed E-state index contributed by atoms with van der Waals surface area (Å²) in [6, 6.07) is 12.8. The highest BCUT2D eigenvalue weighted by atomic mass is 32.2. The molecule has 160 valence electrons. The Labute approximate surface area is 180 Å². The number of nitrogens with zero attached hydrogens (tertiary/aromatic N) is 1.